The molecule has 114 valence electrons. The van der Waals surface area contributed by atoms with Crippen molar-refractivity contribution in [3.63, 3.8) is 0 Å². The van der Waals surface area contributed by atoms with Gasteiger partial charge < -0.3 is 5.73 Å². The molecule has 1 aliphatic rings. The summed E-state index contributed by atoms with van der Waals surface area (Å²) in [7, 11) is -3.80. The van der Waals surface area contributed by atoms with E-state index in [-0.39, 0.29) is 29.9 Å². The fourth-order valence-electron chi connectivity index (χ4n) is 2.46. The fraction of sp³-hybridized carbons (Fsp3) is 0.538. The van der Waals surface area contributed by atoms with Gasteiger partial charge in [-0.15, -0.1) is 12.4 Å². The molecule has 0 spiro atoms. The molecule has 1 heterocycles. The molecule has 1 atom stereocenters. The highest BCUT2D eigenvalue weighted by molar-refractivity contribution is 7.89. The van der Waals surface area contributed by atoms with Crippen molar-refractivity contribution in [2.75, 3.05) is 13.1 Å². The maximum Gasteiger partial charge on any atom is 0.246 e. The van der Waals surface area contributed by atoms with Crippen molar-refractivity contribution >= 4 is 22.4 Å². The number of nitrogens with zero attached hydrogens (tertiary/aromatic N) is 1. The maximum atomic E-state index is 13.8. The summed E-state index contributed by atoms with van der Waals surface area (Å²) in [5, 5.41) is 0. The van der Waals surface area contributed by atoms with Crippen LogP contribution < -0.4 is 5.73 Å². The van der Waals surface area contributed by atoms with Gasteiger partial charge in [0.1, 0.15) is 10.7 Å². The fourth-order valence-corrected chi connectivity index (χ4v) is 4.32. The second kappa shape index (κ2) is 6.85. The second-order valence-corrected chi connectivity index (χ2v) is 6.79. The summed E-state index contributed by atoms with van der Waals surface area (Å²) >= 11 is 0. The Bertz CT molecular complexity index is 565. The lowest BCUT2D eigenvalue weighted by Gasteiger charge is -2.34. The summed E-state index contributed by atoms with van der Waals surface area (Å²) in [6, 6.07) is 3.92. The number of sulfonamides is 1. The van der Waals surface area contributed by atoms with E-state index in [1.54, 1.807) is 13.0 Å². The third kappa shape index (κ3) is 3.31. The van der Waals surface area contributed by atoms with Gasteiger partial charge in [-0.2, -0.15) is 4.31 Å². The lowest BCUT2D eigenvalue weighted by atomic mass is 10.1. The van der Waals surface area contributed by atoms with E-state index >= 15 is 0 Å². The van der Waals surface area contributed by atoms with Crippen LogP contribution in [-0.4, -0.2) is 31.9 Å². The van der Waals surface area contributed by atoms with Crippen molar-refractivity contribution in [3.8, 4) is 0 Å². The first-order chi connectivity index (χ1) is 8.96. The third-order valence-electron chi connectivity index (χ3n) is 3.52. The summed E-state index contributed by atoms with van der Waals surface area (Å²) in [6.45, 7) is 2.43. The van der Waals surface area contributed by atoms with Gasteiger partial charge in [0.2, 0.25) is 10.0 Å². The Hall–Kier alpha value is -0.690. The number of halogens is 2. The molecule has 1 aromatic rings. The van der Waals surface area contributed by atoms with E-state index in [0.29, 0.717) is 6.54 Å². The van der Waals surface area contributed by atoms with E-state index in [2.05, 4.69) is 0 Å². The van der Waals surface area contributed by atoms with Crippen LogP contribution in [-0.2, 0) is 10.0 Å². The van der Waals surface area contributed by atoms with E-state index in [9.17, 15) is 12.8 Å². The highest BCUT2D eigenvalue weighted by atomic mass is 35.5. The smallest absolute Gasteiger partial charge is 0.246 e. The summed E-state index contributed by atoms with van der Waals surface area (Å²) in [4.78, 5) is -0.243. The topological polar surface area (TPSA) is 63.4 Å². The molecular weight excluding hydrogens is 303 g/mol. The summed E-state index contributed by atoms with van der Waals surface area (Å²) in [6.07, 6.45) is 2.50. The highest BCUT2D eigenvalue weighted by Gasteiger charge is 2.34. The normalized spacial score (nSPS) is 20.4. The van der Waals surface area contributed by atoms with Crippen molar-refractivity contribution in [2.45, 2.75) is 37.1 Å². The van der Waals surface area contributed by atoms with Gasteiger partial charge in [-0.05, 0) is 37.5 Å². The molecule has 0 amide bonds. The molecule has 20 heavy (non-hydrogen) atoms. The number of hydrogen-bond acceptors (Lipinski definition) is 3. The summed E-state index contributed by atoms with van der Waals surface area (Å²) in [5.41, 5.74) is 6.36. The van der Waals surface area contributed by atoms with Gasteiger partial charge in [0.25, 0.3) is 0 Å². The second-order valence-electron chi connectivity index (χ2n) is 4.93. The molecule has 0 radical (unpaired) electrons. The van der Waals surface area contributed by atoms with Gasteiger partial charge in [0.15, 0.2) is 0 Å². The molecule has 0 saturated carbocycles. The molecule has 7 heteroatoms. The highest BCUT2D eigenvalue weighted by Crippen LogP contribution is 2.26. The molecule has 1 fully saturated rings. The number of benzene rings is 1. The Morgan fingerprint density at radius 2 is 2.10 bits per heavy atom. The zero-order valence-electron chi connectivity index (χ0n) is 11.4. The predicted octanol–water partition coefficient (Wildman–Crippen LogP) is 2.06. The molecule has 4 nitrogen and oxygen atoms in total. The quantitative estimate of drug-likeness (QED) is 0.926. The first kappa shape index (κ1) is 17.4. The van der Waals surface area contributed by atoms with Crippen molar-refractivity contribution in [1.82, 2.24) is 4.31 Å². The Labute approximate surface area is 125 Å². The number of piperidine rings is 1. The van der Waals surface area contributed by atoms with Gasteiger partial charge in [-0.3, -0.25) is 0 Å². The van der Waals surface area contributed by atoms with E-state index in [0.717, 1.165) is 24.8 Å². The first-order valence-corrected chi connectivity index (χ1v) is 7.89. The van der Waals surface area contributed by atoms with Crippen LogP contribution in [0.2, 0.25) is 0 Å². The van der Waals surface area contributed by atoms with Gasteiger partial charge >= 0.3 is 0 Å². The lowest BCUT2D eigenvalue weighted by molar-refractivity contribution is 0.257. The van der Waals surface area contributed by atoms with Gasteiger partial charge in [-0.25, -0.2) is 12.8 Å². The van der Waals surface area contributed by atoms with E-state index in [1.807, 2.05) is 0 Å². The monoisotopic (exact) mass is 322 g/mol. The Morgan fingerprint density at radius 3 is 2.75 bits per heavy atom. The van der Waals surface area contributed by atoms with Crippen LogP contribution >= 0.6 is 12.4 Å². The molecular formula is C13H20ClFN2O2S. The number of hydrogen-bond donors (Lipinski definition) is 1. The van der Waals surface area contributed by atoms with Gasteiger partial charge in [-0.1, -0.05) is 12.5 Å². The lowest BCUT2D eigenvalue weighted by Crippen LogP contribution is -2.47. The SMILES string of the molecule is Cc1ccc(F)c(S(=O)(=O)N2CCCCC2CN)c1.Cl. The number of rotatable bonds is 3. The molecule has 2 rings (SSSR count). The Kier molecular flexibility index (Phi) is 5.94. The number of aryl methyl sites for hydroxylation is 1. The Balaban J connectivity index is 0.00000200. The van der Waals surface area contributed by atoms with E-state index < -0.39 is 15.8 Å². The van der Waals surface area contributed by atoms with Gasteiger partial charge in [0.05, 0.1) is 0 Å². The minimum absolute atomic E-state index is 0. The van der Waals surface area contributed by atoms with Crippen molar-refractivity contribution in [2.24, 2.45) is 5.73 Å². The van der Waals surface area contributed by atoms with Crippen LogP contribution in [0.4, 0.5) is 4.39 Å². The molecule has 1 aliphatic heterocycles. The zero-order chi connectivity index (χ0) is 14.0. The molecule has 1 unspecified atom stereocenters. The van der Waals surface area contributed by atoms with Crippen LogP contribution in [0.1, 0.15) is 24.8 Å². The van der Waals surface area contributed by atoms with Crippen LogP contribution in [0.5, 0.6) is 0 Å². The van der Waals surface area contributed by atoms with Crippen LogP contribution in [0.15, 0.2) is 23.1 Å². The predicted molar refractivity (Wildman–Crippen MR) is 79.0 cm³/mol. The zero-order valence-corrected chi connectivity index (χ0v) is 13.0. The molecule has 0 aliphatic carbocycles. The van der Waals surface area contributed by atoms with Crippen molar-refractivity contribution in [3.05, 3.63) is 29.6 Å². The minimum Gasteiger partial charge on any atom is -0.329 e. The number of nitrogens with two attached hydrogens (primary N) is 1. The van der Waals surface area contributed by atoms with Crippen molar-refractivity contribution < 1.29 is 12.8 Å². The maximum absolute atomic E-state index is 13.8. The molecule has 2 N–H and O–H groups in total. The Morgan fingerprint density at radius 1 is 1.40 bits per heavy atom. The average Bonchev–Trinajstić information content (AvgIpc) is 2.41. The van der Waals surface area contributed by atoms with Crippen molar-refractivity contribution in [1.29, 1.82) is 0 Å². The minimum atomic E-state index is -3.80. The summed E-state index contributed by atoms with van der Waals surface area (Å²) < 4.78 is 40.3. The average molecular weight is 323 g/mol. The first-order valence-electron chi connectivity index (χ1n) is 6.45. The van der Waals surface area contributed by atoms with Crippen LogP contribution in [0, 0.1) is 12.7 Å². The van der Waals surface area contributed by atoms with E-state index in [4.69, 9.17) is 5.73 Å². The van der Waals surface area contributed by atoms with Crippen LogP contribution in [0.25, 0.3) is 0 Å². The largest absolute Gasteiger partial charge is 0.329 e. The molecule has 0 aromatic heterocycles. The summed E-state index contributed by atoms with van der Waals surface area (Å²) in [5.74, 6) is -0.702. The standard InChI is InChI=1S/C13H19FN2O2S.ClH/c1-10-5-6-12(14)13(8-10)19(17,18)16-7-3-2-4-11(16)9-15;/h5-6,8,11H,2-4,7,9,15H2,1H3;1H. The van der Waals surface area contributed by atoms with Gasteiger partial charge in [0, 0.05) is 19.1 Å². The third-order valence-corrected chi connectivity index (χ3v) is 5.49. The van der Waals surface area contributed by atoms with E-state index in [1.165, 1.54) is 16.4 Å². The molecule has 1 saturated heterocycles. The molecule has 0 bridgehead atoms. The molecule has 1 aromatic carbocycles. The van der Waals surface area contributed by atoms with Crippen LogP contribution in [0.3, 0.4) is 0 Å².